The lowest BCUT2D eigenvalue weighted by atomic mass is 10.0. The Morgan fingerprint density at radius 3 is 2.88 bits per heavy atom. The van der Waals surface area contributed by atoms with Crippen molar-refractivity contribution in [3.8, 4) is 0 Å². The van der Waals surface area contributed by atoms with Gasteiger partial charge in [0.05, 0.1) is 11.0 Å². The normalized spacial score (nSPS) is 16.0. The first kappa shape index (κ1) is 17.3. The molecule has 0 saturated carbocycles. The summed E-state index contributed by atoms with van der Waals surface area (Å²) in [6.07, 6.45) is 0.838. The first-order valence-electron chi connectivity index (χ1n) is 8.15. The van der Waals surface area contributed by atoms with Gasteiger partial charge in [0.15, 0.2) is 0 Å². The van der Waals surface area contributed by atoms with Crippen molar-refractivity contribution >= 4 is 29.0 Å². The smallest absolute Gasteiger partial charge is 0.293 e. The van der Waals surface area contributed by atoms with Gasteiger partial charge in [-0.25, -0.2) is 0 Å². The van der Waals surface area contributed by atoms with Crippen LogP contribution in [0.1, 0.15) is 35.3 Å². The van der Waals surface area contributed by atoms with Crippen molar-refractivity contribution in [3.63, 3.8) is 0 Å². The second-order valence-electron chi connectivity index (χ2n) is 5.72. The maximum Gasteiger partial charge on any atom is 0.293 e. The van der Waals surface area contributed by atoms with Crippen molar-refractivity contribution < 1.29 is 9.72 Å². The maximum absolute atomic E-state index is 12.6. The number of hydrogen-bond acceptors (Lipinski definition) is 5. The van der Waals surface area contributed by atoms with E-state index in [1.165, 1.54) is 11.0 Å². The molecule has 1 aliphatic rings. The van der Waals surface area contributed by atoms with E-state index in [-0.39, 0.29) is 17.6 Å². The number of carbonyl (C=O) groups excluding carboxylic acids is 1. The number of nitro groups is 1. The zero-order chi connectivity index (χ0) is 17.8. The summed E-state index contributed by atoms with van der Waals surface area (Å²) >= 11 is 1.78. The largest absolute Gasteiger partial charge is 0.380 e. The van der Waals surface area contributed by atoms with Crippen molar-refractivity contribution in [2.24, 2.45) is 0 Å². The molecule has 1 heterocycles. The molecule has 7 heteroatoms. The van der Waals surface area contributed by atoms with E-state index >= 15 is 0 Å². The lowest BCUT2D eigenvalue weighted by Gasteiger charge is -2.25. The molecule has 2 aromatic carbocycles. The predicted octanol–water partition coefficient (Wildman–Crippen LogP) is 3.99. The molecule has 0 radical (unpaired) electrons. The molecule has 2 aromatic rings. The van der Waals surface area contributed by atoms with Crippen LogP contribution in [-0.4, -0.2) is 23.1 Å². The van der Waals surface area contributed by atoms with Gasteiger partial charge in [0.25, 0.3) is 11.6 Å². The van der Waals surface area contributed by atoms with Gasteiger partial charge in [0.2, 0.25) is 0 Å². The van der Waals surface area contributed by atoms with Gasteiger partial charge in [0.1, 0.15) is 5.69 Å². The summed E-state index contributed by atoms with van der Waals surface area (Å²) in [4.78, 5) is 24.6. The SMILES string of the molecule is CCNc1ccc(C(=O)NC2CCSc3ccccc32)cc1[N+](=O)[O-]. The Bertz CT molecular complexity index is 810. The second-order valence-corrected chi connectivity index (χ2v) is 6.86. The van der Waals surface area contributed by atoms with Gasteiger partial charge in [-0.15, -0.1) is 11.8 Å². The average molecular weight is 357 g/mol. The molecule has 6 nitrogen and oxygen atoms in total. The highest BCUT2D eigenvalue weighted by molar-refractivity contribution is 7.99. The number of thioether (sulfide) groups is 1. The summed E-state index contributed by atoms with van der Waals surface area (Å²) < 4.78 is 0. The molecule has 0 fully saturated rings. The minimum atomic E-state index is -0.471. The number of benzene rings is 2. The zero-order valence-corrected chi connectivity index (χ0v) is 14.6. The van der Waals surface area contributed by atoms with Crippen molar-refractivity contribution in [3.05, 3.63) is 63.7 Å². The molecule has 0 aliphatic carbocycles. The standard InChI is InChI=1S/C18H19N3O3S/c1-2-19-15-8-7-12(11-16(15)21(23)24)18(22)20-14-9-10-25-17-6-4-3-5-13(14)17/h3-8,11,14,19H,2,9-10H2,1H3,(H,20,22). The van der Waals surface area contributed by atoms with E-state index in [4.69, 9.17) is 0 Å². The fourth-order valence-corrected chi connectivity index (χ4v) is 4.02. The molecule has 0 bridgehead atoms. The maximum atomic E-state index is 12.6. The lowest BCUT2D eigenvalue weighted by molar-refractivity contribution is -0.384. The van der Waals surface area contributed by atoms with Crippen molar-refractivity contribution in [1.82, 2.24) is 5.32 Å². The Labute approximate surface area is 150 Å². The number of fused-ring (bicyclic) bond motifs is 1. The van der Waals surface area contributed by atoms with Gasteiger partial charge >= 0.3 is 0 Å². The number of nitro benzene ring substituents is 1. The van der Waals surface area contributed by atoms with Crippen LogP contribution in [0, 0.1) is 10.1 Å². The Morgan fingerprint density at radius 2 is 2.12 bits per heavy atom. The zero-order valence-electron chi connectivity index (χ0n) is 13.8. The Kier molecular flexibility index (Phi) is 5.23. The van der Waals surface area contributed by atoms with Crippen LogP contribution < -0.4 is 10.6 Å². The Hall–Kier alpha value is -2.54. The minimum Gasteiger partial charge on any atom is -0.380 e. The molecule has 0 aromatic heterocycles. The molecule has 1 amide bonds. The van der Waals surface area contributed by atoms with E-state index in [0.29, 0.717) is 17.8 Å². The Morgan fingerprint density at radius 1 is 1.32 bits per heavy atom. The van der Waals surface area contributed by atoms with Crippen LogP contribution in [0.4, 0.5) is 11.4 Å². The van der Waals surface area contributed by atoms with E-state index in [1.807, 2.05) is 31.2 Å². The Balaban J connectivity index is 1.83. The molecule has 1 atom stereocenters. The highest BCUT2D eigenvalue weighted by atomic mass is 32.2. The first-order chi connectivity index (χ1) is 12.1. The number of anilines is 1. The third-order valence-corrected chi connectivity index (χ3v) is 5.21. The molecular weight excluding hydrogens is 338 g/mol. The van der Waals surface area contributed by atoms with E-state index in [0.717, 1.165) is 17.7 Å². The van der Waals surface area contributed by atoms with Gasteiger partial charge in [-0.1, -0.05) is 18.2 Å². The molecule has 130 valence electrons. The lowest BCUT2D eigenvalue weighted by Crippen LogP contribution is -2.30. The summed E-state index contributed by atoms with van der Waals surface area (Å²) in [5.41, 5.74) is 1.73. The molecule has 0 spiro atoms. The predicted molar refractivity (Wildman–Crippen MR) is 99.3 cm³/mol. The van der Waals surface area contributed by atoms with Crippen LogP contribution in [0.25, 0.3) is 0 Å². The highest BCUT2D eigenvalue weighted by Crippen LogP contribution is 2.36. The van der Waals surface area contributed by atoms with Gasteiger partial charge in [0, 0.05) is 28.8 Å². The minimum absolute atomic E-state index is 0.0718. The summed E-state index contributed by atoms with van der Waals surface area (Å²) in [5, 5.41) is 17.2. The van der Waals surface area contributed by atoms with Gasteiger partial charge in [-0.2, -0.15) is 0 Å². The van der Waals surface area contributed by atoms with Gasteiger partial charge in [-0.3, -0.25) is 14.9 Å². The molecule has 0 saturated heterocycles. The fourth-order valence-electron chi connectivity index (χ4n) is 2.90. The van der Waals surface area contributed by atoms with Crippen LogP contribution in [0.15, 0.2) is 47.4 Å². The fraction of sp³-hybridized carbons (Fsp3) is 0.278. The van der Waals surface area contributed by atoms with Crippen LogP contribution in [0.5, 0.6) is 0 Å². The first-order valence-corrected chi connectivity index (χ1v) is 9.13. The molecule has 2 N–H and O–H groups in total. The van der Waals surface area contributed by atoms with Crippen molar-refractivity contribution in [1.29, 1.82) is 0 Å². The van der Waals surface area contributed by atoms with E-state index in [9.17, 15) is 14.9 Å². The number of rotatable bonds is 5. The number of hydrogen-bond donors (Lipinski definition) is 2. The van der Waals surface area contributed by atoms with Crippen molar-refractivity contribution in [2.75, 3.05) is 17.6 Å². The van der Waals surface area contributed by atoms with E-state index < -0.39 is 4.92 Å². The molecule has 25 heavy (non-hydrogen) atoms. The van der Waals surface area contributed by atoms with Crippen molar-refractivity contribution in [2.45, 2.75) is 24.3 Å². The number of nitrogens with zero attached hydrogens (tertiary/aromatic N) is 1. The molecule has 1 unspecified atom stereocenters. The second kappa shape index (κ2) is 7.57. The van der Waals surface area contributed by atoms with E-state index in [2.05, 4.69) is 10.6 Å². The monoisotopic (exact) mass is 357 g/mol. The van der Waals surface area contributed by atoms with Gasteiger partial charge in [-0.05, 0) is 37.1 Å². The number of amides is 1. The van der Waals surface area contributed by atoms with E-state index in [1.54, 1.807) is 23.9 Å². The molecule has 3 rings (SSSR count). The number of carbonyl (C=O) groups is 1. The molecular formula is C18H19N3O3S. The third-order valence-electron chi connectivity index (χ3n) is 4.09. The topological polar surface area (TPSA) is 84.3 Å². The molecule has 1 aliphatic heterocycles. The summed E-state index contributed by atoms with van der Waals surface area (Å²) in [6.45, 7) is 2.44. The van der Waals surface area contributed by atoms with Crippen LogP contribution >= 0.6 is 11.8 Å². The third kappa shape index (κ3) is 3.76. The van der Waals surface area contributed by atoms with Crippen LogP contribution in [0.2, 0.25) is 0 Å². The van der Waals surface area contributed by atoms with Crippen LogP contribution in [-0.2, 0) is 0 Å². The summed E-state index contributed by atoms with van der Waals surface area (Å²) in [5.74, 6) is 0.638. The summed E-state index contributed by atoms with van der Waals surface area (Å²) in [6, 6.07) is 12.5. The van der Waals surface area contributed by atoms with Gasteiger partial charge < -0.3 is 10.6 Å². The quantitative estimate of drug-likeness (QED) is 0.624. The highest BCUT2D eigenvalue weighted by Gasteiger charge is 2.24. The number of nitrogens with one attached hydrogen (secondary N) is 2. The average Bonchev–Trinajstić information content (AvgIpc) is 2.62. The van der Waals surface area contributed by atoms with Crippen LogP contribution in [0.3, 0.4) is 0 Å². The summed E-state index contributed by atoms with van der Waals surface area (Å²) in [7, 11) is 0.